The van der Waals surface area contributed by atoms with Crippen LogP contribution in [-0.2, 0) is 49.0 Å². The molecule has 0 radical (unpaired) electrons. The van der Waals surface area contributed by atoms with E-state index in [1.54, 1.807) is 127 Å². The van der Waals surface area contributed by atoms with Gasteiger partial charge in [0.2, 0.25) is 0 Å². The van der Waals surface area contributed by atoms with Crippen molar-refractivity contribution in [3.05, 3.63) is 263 Å². The van der Waals surface area contributed by atoms with Crippen LogP contribution in [-0.4, -0.2) is 80.5 Å². The lowest BCUT2D eigenvalue weighted by Crippen LogP contribution is -2.41. The van der Waals surface area contributed by atoms with Crippen molar-refractivity contribution in [1.29, 1.82) is 0 Å². The number of urea groups is 1. The van der Waals surface area contributed by atoms with Gasteiger partial charge in [-0.3, -0.25) is 9.80 Å². The fourth-order valence-corrected chi connectivity index (χ4v) is 17.6. The summed E-state index contributed by atoms with van der Waals surface area (Å²) in [5.74, 6) is 0.468. The number of benzene rings is 7. The molecule has 23 heteroatoms. The first-order chi connectivity index (χ1) is 52.8. The van der Waals surface area contributed by atoms with E-state index in [4.69, 9.17) is 37.0 Å². The molecule has 4 N–H and O–H groups in total. The molecule has 0 saturated heterocycles. The minimum absolute atomic E-state index is 0.0513. The van der Waals surface area contributed by atoms with E-state index in [9.17, 15) is 44.4 Å². The Morgan fingerprint density at radius 2 is 0.882 bits per heavy atom. The van der Waals surface area contributed by atoms with Gasteiger partial charge in [0.15, 0.2) is 19.7 Å². The van der Waals surface area contributed by atoms with E-state index in [-0.39, 0.29) is 62.2 Å². The molecule has 3 aliphatic carbocycles. The topological polar surface area (TPSA) is 233 Å². The molecule has 3 aliphatic heterocycles. The normalized spacial score (nSPS) is 15.7. The lowest BCUT2D eigenvalue weighted by atomic mass is 9.84. The van der Waals surface area contributed by atoms with Crippen LogP contribution in [0.1, 0.15) is 136 Å². The van der Waals surface area contributed by atoms with Gasteiger partial charge in [-0.2, -0.15) is 0 Å². The Hall–Kier alpha value is -10.3. The van der Waals surface area contributed by atoms with Crippen LogP contribution in [0.25, 0.3) is 33.8 Å². The highest BCUT2D eigenvalue weighted by Gasteiger charge is 2.50. The predicted octanol–water partition coefficient (Wildman–Crippen LogP) is 19.4. The molecule has 0 atom stereocenters. The number of halogens is 4. The van der Waals surface area contributed by atoms with Crippen molar-refractivity contribution in [3.63, 3.8) is 0 Å². The zero-order valence-electron chi connectivity index (χ0n) is 62.3. The number of amides is 3. The third kappa shape index (κ3) is 18.0. The van der Waals surface area contributed by atoms with Gasteiger partial charge in [0.25, 0.3) is 0 Å². The Kier molecular flexibility index (Phi) is 24.8. The van der Waals surface area contributed by atoms with Crippen LogP contribution >= 0.6 is 11.6 Å². The first-order valence-corrected chi connectivity index (χ1v) is 41.0. The minimum atomic E-state index is -3.26. The molecule has 6 aliphatic rings. The first kappa shape index (κ1) is 79.3. The molecule has 3 saturated carbocycles. The molecule has 3 amide bonds. The molecule has 110 heavy (non-hydrogen) atoms. The average Bonchev–Trinajstić information content (AvgIpc) is 1.59. The Morgan fingerprint density at radius 1 is 0.491 bits per heavy atom. The van der Waals surface area contributed by atoms with Crippen LogP contribution in [0.4, 0.5) is 44.6 Å². The first-order valence-electron chi connectivity index (χ1n) is 37.3. The monoisotopic (exact) mass is 1550 g/mol. The third-order valence-corrected chi connectivity index (χ3v) is 25.3. The number of anilines is 3. The zero-order valence-corrected chi connectivity index (χ0v) is 64.7. The summed E-state index contributed by atoms with van der Waals surface area (Å²) in [4.78, 5) is 55.6. The second-order valence-electron chi connectivity index (χ2n) is 28.9. The highest BCUT2D eigenvalue weighted by molar-refractivity contribution is 7.91. The van der Waals surface area contributed by atoms with E-state index in [0.717, 1.165) is 142 Å². The summed E-state index contributed by atoms with van der Waals surface area (Å²) in [6, 6.07) is 57.2. The Bertz CT molecular complexity index is 5220. The number of nitrogens with zero attached hydrogens (tertiary/aromatic N) is 5. The van der Waals surface area contributed by atoms with Crippen LogP contribution in [0.2, 0.25) is 0 Å². The summed E-state index contributed by atoms with van der Waals surface area (Å²) in [7, 11) is -6.32. The molecule has 572 valence electrons. The molecule has 17 nitrogen and oxygen atoms in total. The molecular weight excluding hydrogens is 1460 g/mol. The Labute approximate surface area is 646 Å². The number of carbonyl (C=O) groups excluding carboxylic acids is 3. The van der Waals surface area contributed by atoms with Crippen molar-refractivity contribution in [3.8, 4) is 45.3 Å². The summed E-state index contributed by atoms with van der Waals surface area (Å²) in [6.07, 6.45) is 13.1. The molecule has 6 heterocycles. The van der Waals surface area contributed by atoms with Gasteiger partial charge in [-0.15, -0.1) is 0 Å². The quantitative estimate of drug-likeness (QED) is 0.0966. The Morgan fingerprint density at radius 3 is 1.30 bits per heavy atom. The number of hydrogen-bond donors (Lipinski definition) is 3. The number of fused-ring (bicyclic) bond motifs is 6. The summed E-state index contributed by atoms with van der Waals surface area (Å²) in [6.45, 7) is 11.9. The number of rotatable bonds is 12. The van der Waals surface area contributed by atoms with Gasteiger partial charge >= 0.3 is 17.6 Å². The molecular formula is C87H90ClF3N8O9S2. The molecule has 3 aromatic heterocycles. The predicted molar refractivity (Wildman–Crippen MR) is 426 cm³/mol. The van der Waals surface area contributed by atoms with E-state index >= 15 is 0 Å². The van der Waals surface area contributed by atoms with Crippen LogP contribution in [0.3, 0.4) is 0 Å². The fraction of sp³-hybridized carbons (Fsp3) is 0.310. The van der Waals surface area contributed by atoms with Crippen LogP contribution < -0.4 is 35.6 Å². The highest BCUT2D eigenvalue weighted by Crippen LogP contribution is 2.53. The second kappa shape index (κ2) is 34.3. The summed E-state index contributed by atoms with van der Waals surface area (Å²) in [5, 5.41) is 6.50. The van der Waals surface area contributed by atoms with E-state index in [1.807, 2.05) is 81.4 Å². The van der Waals surface area contributed by atoms with E-state index in [2.05, 4.69) is 21.4 Å². The van der Waals surface area contributed by atoms with E-state index < -0.39 is 25.1 Å². The lowest BCUT2D eigenvalue weighted by molar-refractivity contribution is 0.206. The largest absolute Gasteiger partial charge is 0.419 e. The number of ether oxygens (including phenoxy) is 2. The van der Waals surface area contributed by atoms with Crippen molar-refractivity contribution in [2.45, 2.75) is 151 Å². The maximum Gasteiger partial charge on any atom is 0.419 e. The van der Waals surface area contributed by atoms with E-state index in [1.165, 1.54) is 67.4 Å². The van der Waals surface area contributed by atoms with Gasteiger partial charge in [-0.05, 0) is 227 Å². The van der Waals surface area contributed by atoms with E-state index in [0.29, 0.717) is 42.6 Å². The number of sulfone groups is 2. The van der Waals surface area contributed by atoms with Crippen molar-refractivity contribution in [1.82, 2.24) is 20.3 Å². The average molecular weight is 1550 g/mol. The van der Waals surface area contributed by atoms with Crippen LogP contribution in [0.5, 0.6) is 11.5 Å². The summed E-state index contributed by atoms with van der Waals surface area (Å²) in [5.41, 5.74) is 20.3. The number of pyridine rings is 3. The highest BCUT2D eigenvalue weighted by atomic mass is 35.5. The zero-order chi connectivity index (χ0) is 78.0. The molecule has 10 aromatic rings. The van der Waals surface area contributed by atoms with Gasteiger partial charge in [0.1, 0.15) is 29.0 Å². The van der Waals surface area contributed by atoms with Crippen molar-refractivity contribution in [2.75, 3.05) is 46.3 Å². The van der Waals surface area contributed by atoms with Crippen molar-refractivity contribution < 1.29 is 53.9 Å². The minimum Gasteiger partial charge on any atom is -0.415 e. The number of aryl methyl sites for hydroxylation is 3. The van der Waals surface area contributed by atoms with Gasteiger partial charge in [0, 0.05) is 77.3 Å². The van der Waals surface area contributed by atoms with Crippen LogP contribution in [0, 0.1) is 38.2 Å². The third-order valence-electron chi connectivity index (χ3n) is 21.7. The number of nitrogens with one attached hydrogen (secondary N) is 2. The maximum absolute atomic E-state index is 13.6. The molecule has 3 fully saturated rings. The second-order valence-corrected chi connectivity index (χ2v) is 33.7. The van der Waals surface area contributed by atoms with Crippen molar-refractivity contribution in [2.24, 2.45) is 5.73 Å². The van der Waals surface area contributed by atoms with Gasteiger partial charge in [-0.1, -0.05) is 113 Å². The SMILES string of the molecule is CCS(=O)(=O)c1ccc(CN)cc1.CCS(=O)(=O)c1ccc(CNC(=O)N2CC3(CCCC3)c3nc(-c4ccc(F)cc4C)ccc32)cc1.Cc1cc(F)ccc1-c1ccc2c(n1)C1(CCCC1)CN2.Cc1cc(F)ccc1-c1ccc2c(n1)C1(CCCC1)CN2C(=O)Oc1ccccc1.O=C(Cl)Oc1ccccc1. The fourth-order valence-electron chi connectivity index (χ4n) is 15.8. The number of para-hydroxylation sites is 2. The summed E-state index contributed by atoms with van der Waals surface area (Å²) < 4.78 is 97.5. The number of nitrogens with two attached hydrogens (primary N) is 1. The van der Waals surface area contributed by atoms with Crippen molar-refractivity contribution >= 4 is 65.9 Å². The lowest BCUT2D eigenvalue weighted by Gasteiger charge is -2.24. The summed E-state index contributed by atoms with van der Waals surface area (Å²) >= 11 is 4.95. The molecule has 3 spiro atoms. The smallest absolute Gasteiger partial charge is 0.415 e. The van der Waals surface area contributed by atoms with Gasteiger partial charge < -0.3 is 25.8 Å². The number of carbonyl (C=O) groups is 3. The van der Waals surface area contributed by atoms with Gasteiger partial charge in [-0.25, -0.2) is 59.3 Å². The molecule has 0 unspecified atom stereocenters. The van der Waals surface area contributed by atoms with Crippen LogP contribution in [0.15, 0.2) is 210 Å². The number of hydrogen-bond acceptors (Lipinski definition) is 14. The molecule has 0 bridgehead atoms. The molecule has 7 aromatic carbocycles. The standard InChI is InChI=1S/C28H30FN3O3S.C25H23FN2O2.C18H19FN2.C9H13NO2S.C7H5ClO2/c1-3-36(34,35)22-9-6-20(7-10-22)17-30-27(33)32-18-28(14-4-5-15-28)26-25(32)13-12-24(31-26)23-11-8-21(29)16-19(23)2;1-17-15-18(26)9-10-20(17)21-11-12-22-23(27-21)25(13-5-6-14-25)16-28(22)24(29)30-19-7-3-2-4-8-19;1-12-10-13(19)4-5-14(12)15-6-7-16-17(21-15)18(11-20-16)8-2-3-9-18;1-2-13(11,12)9-5-3-8(7-10)4-6-9;8-7(9)10-6-4-2-1-3-5-6/h6-13,16H,3-5,14-15,17-18H2,1-2H3,(H,30,33);2-4,7-12,15H,5-6,13-14,16H2,1H3;4-7,10,20H,2-3,8-9,11H2,1H3;3-6H,2,7,10H2,1H3;1-5H. The maximum atomic E-state index is 13.6. The van der Waals surface area contributed by atoms with Gasteiger partial charge in [0.05, 0.1) is 72.5 Å². The Balaban J connectivity index is 0.000000137. The number of aromatic nitrogens is 3. The molecule has 16 rings (SSSR count).